The van der Waals surface area contributed by atoms with E-state index in [2.05, 4.69) is 21.2 Å². The van der Waals surface area contributed by atoms with Crippen molar-refractivity contribution in [2.24, 2.45) is 0 Å². The molecule has 1 aromatic heterocycles. The van der Waals surface area contributed by atoms with Crippen LogP contribution in [0.1, 0.15) is 24.5 Å². The van der Waals surface area contributed by atoms with Gasteiger partial charge in [-0.3, -0.25) is 0 Å². The summed E-state index contributed by atoms with van der Waals surface area (Å²) in [5, 5.41) is 2.94. The number of hydrogen-bond acceptors (Lipinski definition) is 2. The van der Waals surface area contributed by atoms with Crippen molar-refractivity contribution in [1.82, 2.24) is 0 Å². The first-order valence-electron chi connectivity index (χ1n) is 5.45. The molecule has 0 radical (unpaired) electrons. The van der Waals surface area contributed by atoms with Gasteiger partial charge in [0.2, 0.25) is 0 Å². The minimum absolute atomic E-state index is 0.203. The van der Waals surface area contributed by atoms with Crippen molar-refractivity contribution in [2.45, 2.75) is 19.9 Å². The van der Waals surface area contributed by atoms with Gasteiger partial charge in [0.1, 0.15) is 23.2 Å². The number of aryl methyl sites for hydroxylation is 1. The lowest BCUT2D eigenvalue weighted by molar-refractivity contribution is 0.466. The molecule has 1 aromatic carbocycles. The Balaban J connectivity index is 2.21. The molecule has 5 heteroatoms. The van der Waals surface area contributed by atoms with Crippen LogP contribution in [0.25, 0.3) is 0 Å². The molecule has 0 aliphatic carbocycles. The van der Waals surface area contributed by atoms with Crippen molar-refractivity contribution < 1.29 is 13.2 Å². The average Bonchev–Trinajstić information content (AvgIpc) is 2.73. The largest absolute Gasteiger partial charge is 0.464 e. The molecule has 0 amide bonds. The Morgan fingerprint density at radius 1 is 1.22 bits per heavy atom. The summed E-state index contributed by atoms with van der Waals surface area (Å²) < 4.78 is 32.3. The Morgan fingerprint density at radius 3 is 2.56 bits per heavy atom. The molecular weight excluding hydrogens is 304 g/mol. The number of hydrogen-bond donors (Lipinski definition) is 1. The molecule has 0 fully saturated rings. The van der Waals surface area contributed by atoms with Crippen LogP contribution in [0.2, 0.25) is 0 Å². The molecule has 18 heavy (non-hydrogen) atoms. The van der Waals surface area contributed by atoms with Crippen LogP contribution >= 0.6 is 15.9 Å². The Labute approximate surface area is 112 Å². The monoisotopic (exact) mass is 315 g/mol. The van der Waals surface area contributed by atoms with Gasteiger partial charge >= 0.3 is 0 Å². The highest BCUT2D eigenvalue weighted by Gasteiger charge is 2.13. The Hall–Kier alpha value is -1.36. The van der Waals surface area contributed by atoms with Gasteiger partial charge in [-0.05, 0) is 48.0 Å². The van der Waals surface area contributed by atoms with Gasteiger partial charge in [-0.2, -0.15) is 0 Å². The standard InChI is InChI=1S/C13H12BrF2NO/c1-7-3-4-13(18-7)8(2)17-12-5-9(14)10(15)6-11(12)16/h3-6,8,17H,1-2H3. The van der Waals surface area contributed by atoms with E-state index in [1.807, 2.05) is 26.0 Å². The van der Waals surface area contributed by atoms with Crippen LogP contribution in [0.3, 0.4) is 0 Å². The lowest BCUT2D eigenvalue weighted by atomic mass is 10.2. The maximum Gasteiger partial charge on any atom is 0.149 e. The van der Waals surface area contributed by atoms with Crippen LogP contribution in [0.15, 0.2) is 33.2 Å². The number of rotatable bonds is 3. The zero-order valence-electron chi connectivity index (χ0n) is 9.93. The SMILES string of the molecule is Cc1ccc(C(C)Nc2cc(Br)c(F)cc2F)o1. The summed E-state index contributed by atoms with van der Waals surface area (Å²) in [5.74, 6) is 0.233. The highest BCUT2D eigenvalue weighted by Crippen LogP contribution is 2.27. The van der Waals surface area contributed by atoms with E-state index in [1.54, 1.807) is 0 Å². The van der Waals surface area contributed by atoms with Crippen molar-refractivity contribution in [2.75, 3.05) is 5.32 Å². The summed E-state index contributed by atoms with van der Waals surface area (Å²) in [6.07, 6.45) is 0. The zero-order chi connectivity index (χ0) is 13.3. The Kier molecular flexibility index (Phi) is 3.71. The van der Waals surface area contributed by atoms with Gasteiger partial charge in [0.15, 0.2) is 0 Å². The van der Waals surface area contributed by atoms with Crippen molar-refractivity contribution in [1.29, 1.82) is 0 Å². The molecule has 0 saturated carbocycles. The molecule has 1 atom stereocenters. The van der Waals surface area contributed by atoms with Gasteiger partial charge < -0.3 is 9.73 Å². The third-order valence-corrected chi connectivity index (χ3v) is 3.18. The highest BCUT2D eigenvalue weighted by atomic mass is 79.9. The fraction of sp³-hybridized carbons (Fsp3) is 0.231. The molecule has 0 spiro atoms. The van der Waals surface area contributed by atoms with Crippen LogP contribution in [-0.4, -0.2) is 0 Å². The summed E-state index contributed by atoms with van der Waals surface area (Å²) in [4.78, 5) is 0. The molecular formula is C13H12BrF2NO. The highest BCUT2D eigenvalue weighted by molar-refractivity contribution is 9.10. The van der Waals surface area contributed by atoms with E-state index in [4.69, 9.17) is 4.42 Å². The maximum atomic E-state index is 13.6. The Bertz CT molecular complexity index is 568. The van der Waals surface area contributed by atoms with Gasteiger partial charge in [0, 0.05) is 6.07 Å². The number of benzene rings is 1. The smallest absolute Gasteiger partial charge is 0.149 e. The second-order valence-corrected chi connectivity index (χ2v) is 4.91. The van der Waals surface area contributed by atoms with Crippen LogP contribution in [0.5, 0.6) is 0 Å². The number of furan rings is 1. The fourth-order valence-corrected chi connectivity index (χ4v) is 1.97. The quantitative estimate of drug-likeness (QED) is 0.823. The first kappa shape index (κ1) is 13.1. The van der Waals surface area contributed by atoms with Crippen molar-refractivity contribution in [3.8, 4) is 0 Å². The van der Waals surface area contributed by atoms with Gasteiger partial charge in [-0.15, -0.1) is 0 Å². The van der Waals surface area contributed by atoms with Crippen molar-refractivity contribution >= 4 is 21.6 Å². The van der Waals surface area contributed by atoms with Gasteiger partial charge in [0.25, 0.3) is 0 Å². The van der Waals surface area contributed by atoms with Gasteiger partial charge in [0.05, 0.1) is 16.2 Å². The van der Waals surface area contributed by atoms with E-state index < -0.39 is 11.6 Å². The maximum absolute atomic E-state index is 13.6. The van der Waals surface area contributed by atoms with E-state index in [-0.39, 0.29) is 16.2 Å². The van der Waals surface area contributed by atoms with Crippen molar-refractivity contribution in [3.05, 3.63) is 51.9 Å². The zero-order valence-corrected chi connectivity index (χ0v) is 11.5. The molecule has 2 nitrogen and oxygen atoms in total. The molecule has 0 bridgehead atoms. The summed E-state index contributed by atoms with van der Waals surface area (Å²) in [6, 6.07) is 5.67. The average molecular weight is 316 g/mol. The molecule has 2 rings (SSSR count). The predicted molar refractivity (Wildman–Crippen MR) is 69.5 cm³/mol. The molecule has 1 unspecified atom stereocenters. The summed E-state index contributed by atoms with van der Waals surface area (Å²) >= 11 is 3.03. The van der Waals surface area contributed by atoms with Crippen LogP contribution < -0.4 is 5.32 Å². The summed E-state index contributed by atoms with van der Waals surface area (Å²) in [5.41, 5.74) is 0.227. The van der Waals surface area contributed by atoms with Crippen LogP contribution in [0.4, 0.5) is 14.5 Å². The van der Waals surface area contributed by atoms with E-state index in [9.17, 15) is 8.78 Å². The predicted octanol–water partition coefficient (Wildman–Crippen LogP) is 4.80. The number of nitrogens with one attached hydrogen (secondary N) is 1. The van der Waals surface area contributed by atoms with E-state index >= 15 is 0 Å². The summed E-state index contributed by atoms with van der Waals surface area (Å²) in [7, 11) is 0. The number of anilines is 1. The minimum atomic E-state index is -0.633. The van der Waals surface area contributed by atoms with Crippen LogP contribution in [0, 0.1) is 18.6 Å². The van der Waals surface area contributed by atoms with Crippen molar-refractivity contribution in [3.63, 3.8) is 0 Å². The minimum Gasteiger partial charge on any atom is -0.464 e. The van der Waals surface area contributed by atoms with Gasteiger partial charge in [-0.25, -0.2) is 8.78 Å². The first-order valence-corrected chi connectivity index (χ1v) is 6.24. The molecule has 0 aliphatic heterocycles. The first-order chi connectivity index (χ1) is 8.47. The topological polar surface area (TPSA) is 25.2 Å². The normalized spacial score (nSPS) is 12.5. The van der Waals surface area contributed by atoms with Gasteiger partial charge in [-0.1, -0.05) is 0 Å². The molecule has 2 aromatic rings. The lowest BCUT2D eigenvalue weighted by Crippen LogP contribution is -2.07. The Morgan fingerprint density at radius 2 is 1.94 bits per heavy atom. The van der Waals surface area contributed by atoms with Crippen LogP contribution in [-0.2, 0) is 0 Å². The lowest BCUT2D eigenvalue weighted by Gasteiger charge is -2.14. The van der Waals surface area contributed by atoms with E-state index in [1.165, 1.54) is 6.07 Å². The molecule has 1 heterocycles. The summed E-state index contributed by atoms with van der Waals surface area (Å²) in [6.45, 7) is 3.68. The number of halogens is 3. The van der Waals surface area contributed by atoms with E-state index in [0.29, 0.717) is 5.76 Å². The second kappa shape index (κ2) is 5.10. The van der Waals surface area contributed by atoms with E-state index in [0.717, 1.165) is 11.8 Å². The molecule has 96 valence electrons. The fourth-order valence-electron chi connectivity index (χ4n) is 1.62. The molecule has 0 saturated heterocycles. The third-order valence-electron chi connectivity index (χ3n) is 2.57. The third kappa shape index (κ3) is 2.72. The second-order valence-electron chi connectivity index (χ2n) is 4.06. The molecule has 0 aliphatic rings. The molecule has 1 N–H and O–H groups in total.